The van der Waals surface area contributed by atoms with Gasteiger partial charge in [0.1, 0.15) is 17.7 Å². The summed E-state index contributed by atoms with van der Waals surface area (Å²) in [5.74, 6) is 0.341. The number of hydrogen-bond donors (Lipinski definition) is 0. The summed E-state index contributed by atoms with van der Waals surface area (Å²) < 4.78 is 24.5. The predicted octanol–water partition coefficient (Wildman–Crippen LogP) is 3.38. The fourth-order valence-corrected chi connectivity index (χ4v) is 3.65. The van der Waals surface area contributed by atoms with Crippen LogP contribution in [0.4, 0.5) is 4.39 Å². The van der Waals surface area contributed by atoms with Crippen LogP contribution in [0.15, 0.2) is 24.3 Å². The van der Waals surface area contributed by atoms with Crippen molar-refractivity contribution in [2.75, 3.05) is 32.8 Å². The minimum Gasteiger partial charge on any atom is -0.489 e. The molecule has 2 saturated heterocycles. The summed E-state index contributed by atoms with van der Waals surface area (Å²) >= 11 is 0. The molecule has 0 bridgehead atoms. The summed E-state index contributed by atoms with van der Waals surface area (Å²) in [4.78, 5) is 2.38. The number of likely N-dealkylation sites (tertiary alicyclic amines) is 1. The van der Waals surface area contributed by atoms with Crippen LogP contribution in [0, 0.1) is 22.6 Å². The summed E-state index contributed by atoms with van der Waals surface area (Å²) in [5, 5.41) is 9.49. The van der Waals surface area contributed by atoms with Crippen LogP contribution >= 0.6 is 0 Å². The lowest BCUT2D eigenvalue weighted by molar-refractivity contribution is 0.0351. The number of ether oxygens (including phenoxy) is 2. The zero-order valence-corrected chi connectivity index (χ0v) is 14.0. The van der Waals surface area contributed by atoms with Crippen LogP contribution in [0.1, 0.15) is 32.1 Å². The summed E-state index contributed by atoms with van der Waals surface area (Å²) in [6, 6.07) is 8.86. The van der Waals surface area contributed by atoms with Gasteiger partial charge in [-0.1, -0.05) is 6.07 Å². The van der Waals surface area contributed by atoms with Crippen LogP contribution in [0.2, 0.25) is 0 Å². The third-order valence-electron chi connectivity index (χ3n) is 5.14. The van der Waals surface area contributed by atoms with Crippen LogP contribution in [-0.4, -0.2) is 43.9 Å². The first-order chi connectivity index (χ1) is 11.7. The van der Waals surface area contributed by atoms with Crippen LogP contribution in [0.3, 0.4) is 0 Å². The monoisotopic (exact) mass is 332 g/mol. The van der Waals surface area contributed by atoms with Gasteiger partial charge >= 0.3 is 0 Å². The molecule has 1 aromatic carbocycles. The third kappa shape index (κ3) is 4.46. The van der Waals surface area contributed by atoms with Gasteiger partial charge in [-0.15, -0.1) is 0 Å². The maximum absolute atomic E-state index is 13.2. The molecule has 2 aliphatic rings. The van der Waals surface area contributed by atoms with Gasteiger partial charge in [0, 0.05) is 32.4 Å². The van der Waals surface area contributed by atoms with Crippen molar-refractivity contribution < 1.29 is 13.9 Å². The molecule has 0 aromatic heterocycles. The highest BCUT2D eigenvalue weighted by molar-refractivity contribution is 5.22. The van der Waals surface area contributed by atoms with Gasteiger partial charge in [0.25, 0.3) is 0 Å². The smallest absolute Gasteiger partial charge is 0.126 e. The van der Waals surface area contributed by atoms with Crippen molar-refractivity contribution in [3.8, 4) is 11.8 Å². The summed E-state index contributed by atoms with van der Waals surface area (Å²) in [6.07, 6.45) is 4.77. The molecule has 0 N–H and O–H groups in total. The molecule has 130 valence electrons. The van der Waals surface area contributed by atoms with E-state index in [4.69, 9.17) is 9.47 Å². The lowest BCUT2D eigenvalue weighted by Crippen LogP contribution is -2.30. The minimum absolute atomic E-state index is 0.125. The van der Waals surface area contributed by atoms with E-state index in [0.717, 1.165) is 51.7 Å². The Bertz CT molecular complexity index is 581. The van der Waals surface area contributed by atoms with E-state index in [0.29, 0.717) is 19.0 Å². The quantitative estimate of drug-likeness (QED) is 0.801. The first-order valence-corrected chi connectivity index (χ1v) is 8.83. The average molecular weight is 332 g/mol. The first kappa shape index (κ1) is 17.2. The highest BCUT2D eigenvalue weighted by Gasteiger charge is 2.32. The standard InChI is InChI=1S/C19H25FN2O2/c20-16-3-1-4-17(13-16)24-18-5-10-22(14-18)9-2-6-19(15-21)7-11-23-12-8-19/h1,3-4,13,18H,2,5-12,14H2. The molecule has 2 heterocycles. The van der Waals surface area contributed by atoms with E-state index < -0.39 is 0 Å². The van der Waals surface area contributed by atoms with Gasteiger partial charge in [0.2, 0.25) is 0 Å². The van der Waals surface area contributed by atoms with Crippen molar-refractivity contribution in [3.05, 3.63) is 30.1 Å². The van der Waals surface area contributed by atoms with Crippen molar-refractivity contribution in [1.82, 2.24) is 4.90 Å². The molecule has 0 radical (unpaired) electrons. The third-order valence-corrected chi connectivity index (χ3v) is 5.14. The number of benzene rings is 1. The number of nitriles is 1. The van der Waals surface area contributed by atoms with E-state index >= 15 is 0 Å². The van der Waals surface area contributed by atoms with Crippen molar-refractivity contribution in [1.29, 1.82) is 5.26 Å². The van der Waals surface area contributed by atoms with E-state index in [2.05, 4.69) is 11.0 Å². The zero-order chi connectivity index (χ0) is 16.8. The van der Waals surface area contributed by atoms with Crippen molar-refractivity contribution >= 4 is 0 Å². The summed E-state index contributed by atoms with van der Waals surface area (Å²) in [5.41, 5.74) is -0.185. The van der Waals surface area contributed by atoms with E-state index in [1.54, 1.807) is 12.1 Å². The van der Waals surface area contributed by atoms with Crippen LogP contribution in [-0.2, 0) is 4.74 Å². The van der Waals surface area contributed by atoms with Gasteiger partial charge in [-0.05, 0) is 50.8 Å². The summed E-state index contributed by atoms with van der Waals surface area (Å²) in [7, 11) is 0. The van der Waals surface area contributed by atoms with Crippen LogP contribution in [0.25, 0.3) is 0 Å². The van der Waals surface area contributed by atoms with Gasteiger partial charge in [-0.25, -0.2) is 4.39 Å². The predicted molar refractivity (Wildman–Crippen MR) is 89.2 cm³/mol. The number of nitrogens with zero attached hydrogens (tertiary/aromatic N) is 2. The lowest BCUT2D eigenvalue weighted by Gasteiger charge is -2.31. The molecular weight excluding hydrogens is 307 g/mol. The van der Waals surface area contributed by atoms with E-state index in [1.165, 1.54) is 12.1 Å². The van der Waals surface area contributed by atoms with Crippen LogP contribution < -0.4 is 4.74 Å². The molecule has 5 heteroatoms. The Morgan fingerprint density at radius 2 is 2.21 bits per heavy atom. The number of rotatable bonds is 6. The Kier molecular flexibility index (Phi) is 5.70. The molecule has 1 unspecified atom stereocenters. The van der Waals surface area contributed by atoms with E-state index in [9.17, 15) is 9.65 Å². The van der Waals surface area contributed by atoms with Crippen molar-refractivity contribution in [3.63, 3.8) is 0 Å². The Labute approximate surface area is 143 Å². The Morgan fingerprint density at radius 3 is 2.96 bits per heavy atom. The van der Waals surface area contributed by atoms with E-state index in [1.807, 2.05) is 0 Å². The molecule has 24 heavy (non-hydrogen) atoms. The molecule has 3 rings (SSSR count). The highest BCUT2D eigenvalue weighted by atomic mass is 19.1. The molecule has 4 nitrogen and oxygen atoms in total. The molecule has 0 amide bonds. The lowest BCUT2D eigenvalue weighted by atomic mass is 9.78. The SMILES string of the molecule is N#CC1(CCCN2CCC(Oc3cccc(F)c3)C2)CCOCC1. The normalized spacial score (nSPS) is 23.8. The molecule has 0 spiro atoms. The molecule has 1 aromatic rings. The maximum Gasteiger partial charge on any atom is 0.126 e. The Morgan fingerprint density at radius 1 is 1.38 bits per heavy atom. The molecule has 0 aliphatic carbocycles. The van der Waals surface area contributed by atoms with Crippen molar-refractivity contribution in [2.24, 2.45) is 5.41 Å². The zero-order valence-electron chi connectivity index (χ0n) is 14.0. The van der Waals surface area contributed by atoms with Gasteiger partial charge in [-0.3, -0.25) is 4.90 Å². The molecule has 1 atom stereocenters. The topological polar surface area (TPSA) is 45.5 Å². The van der Waals surface area contributed by atoms with Crippen molar-refractivity contribution in [2.45, 2.75) is 38.2 Å². The van der Waals surface area contributed by atoms with Gasteiger partial charge < -0.3 is 9.47 Å². The second-order valence-corrected chi connectivity index (χ2v) is 6.89. The van der Waals surface area contributed by atoms with Gasteiger partial charge in [0.05, 0.1) is 11.5 Å². The van der Waals surface area contributed by atoms with Gasteiger partial charge in [0.15, 0.2) is 0 Å². The second-order valence-electron chi connectivity index (χ2n) is 6.89. The minimum atomic E-state index is -0.263. The Hall–Kier alpha value is -1.64. The largest absolute Gasteiger partial charge is 0.489 e. The van der Waals surface area contributed by atoms with Crippen LogP contribution in [0.5, 0.6) is 5.75 Å². The molecule has 2 fully saturated rings. The highest BCUT2D eigenvalue weighted by Crippen LogP contribution is 2.34. The first-order valence-electron chi connectivity index (χ1n) is 8.83. The fraction of sp³-hybridized carbons (Fsp3) is 0.632. The number of halogens is 1. The maximum atomic E-state index is 13.2. The molecule has 2 aliphatic heterocycles. The fourth-order valence-electron chi connectivity index (χ4n) is 3.65. The average Bonchev–Trinajstić information content (AvgIpc) is 3.03. The van der Waals surface area contributed by atoms with Gasteiger partial charge in [-0.2, -0.15) is 5.26 Å². The number of hydrogen-bond acceptors (Lipinski definition) is 4. The van der Waals surface area contributed by atoms with E-state index in [-0.39, 0.29) is 17.3 Å². The second kappa shape index (κ2) is 7.96. The molecule has 0 saturated carbocycles. The summed E-state index contributed by atoms with van der Waals surface area (Å²) in [6.45, 7) is 4.29. The Balaban J connectivity index is 1.41. The molecular formula is C19H25FN2O2.